The molecular weight excluding hydrogens is 200 g/mol. The number of carbonyl (C=O) groups excluding carboxylic acids is 1. The fourth-order valence-electron chi connectivity index (χ4n) is 1.44. The minimum atomic E-state index is -1.11. The summed E-state index contributed by atoms with van der Waals surface area (Å²) in [5.41, 5.74) is 0. The van der Waals surface area contributed by atoms with Gasteiger partial charge in [-0.15, -0.1) is 0 Å². The second-order valence-electron chi connectivity index (χ2n) is 3.21. The van der Waals surface area contributed by atoms with E-state index in [9.17, 15) is 9.59 Å². The molecule has 0 spiro atoms. The van der Waals surface area contributed by atoms with Crippen molar-refractivity contribution in [1.82, 2.24) is 5.32 Å². The Balaban J connectivity index is 2.14. The molecule has 0 aliphatic carbocycles. The van der Waals surface area contributed by atoms with Crippen LogP contribution < -0.4 is 10.2 Å². The highest BCUT2D eigenvalue weighted by molar-refractivity contribution is 5.85. The van der Waals surface area contributed by atoms with Gasteiger partial charge in [-0.25, -0.2) is 4.79 Å². The summed E-state index contributed by atoms with van der Waals surface area (Å²) >= 11 is 0. The lowest BCUT2D eigenvalue weighted by Crippen LogP contribution is -2.47. The molecule has 0 bridgehead atoms. The summed E-state index contributed by atoms with van der Waals surface area (Å²) in [6.45, 7) is 1.37. The number of hydrogen-bond donors (Lipinski definition) is 2. The van der Waals surface area contributed by atoms with Crippen molar-refractivity contribution in [2.24, 2.45) is 0 Å². The number of carbonyl (C=O) groups is 2. The summed E-state index contributed by atoms with van der Waals surface area (Å²) in [6, 6.07) is 2.94. The molecule has 0 unspecified atom stereocenters. The molecule has 80 valence electrons. The summed E-state index contributed by atoms with van der Waals surface area (Å²) in [5.74, 6) is -0.893. The van der Waals surface area contributed by atoms with E-state index >= 15 is 0 Å². The van der Waals surface area contributed by atoms with E-state index in [4.69, 9.17) is 9.52 Å². The number of carboxylic acid groups (broad SMARTS) is 1. The molecule has 1 aliphatic heterocycles. The first-order valence-electron chi connectivity index (χ1n) is 4.51. The maximum Gasteiger partial charge on any atom is 0.371 e. The molecule has 0 atom stereocenters. The van der Waals surface area contributed by atoms with E-state index < -0.39 is 5.97 Å². The van der Waals surface area contributed by atoms with Crippen LogP contribution in [0.5, 0.6) is 0 Å². The van der Waals surface area contributed by atoms with Crippen molar-refractivity contribution in [3.05, 3.63) is 17.9 Å². The maximum absolute atomic E-state index is 11.1. The average molecular weight is 210 g/mol. The fraction of sp³-hybridized carbons (Fsp3) is 0.333. The van der Waals surface area contributed by atoms with E-state index in [1.807, 2.05) is 0 Å². The minimum Gasteiger partial charge on any atom is -0.475 e. The third-order valence-corrected chi connectivity index (χ3v) is 2.15. The lowest BCUT2D eigenvalue weighted by Gasteiger charge is -2.25. The van der Waals surface area contributed by atoms with Crippen LogP contribution in [-0.2, 0) is 4.79 Å². The van der Waals surface area contributed by atoms with E-state index in [-0.39, 0.29) is 18.2 Å². The van der Waals surface area contributed by atoms with E-state index in [0.29, 0.717) is 19.0 Å². The van der Waals surface area contributed by atoms with Crippen LogP contribution in [0.1, 0.15) is 10.6 Å². The van der Waals surface area contributed by atoms with E-state index in [1.54, 1.807) is 11.0 Å². The summed E-state index contributed by atoms with van der Waals surface area (Å²) in [7, 11) is 0. The van der Waals surface area contributed by atoms with Gasteiger partial charge in [0.1, 0.15) is 0 Å². The maximum atomic E-state index is 11.1. The summed E-state index contributed by atoms with van der Waals surface area (Å²) in [6.07, 6.45) is 0. The third-order valence-electron chi connectivity index (χ3n) is 2.15. The molecule has 0 aromatic carbocycles. The van der Waals surface area contributed by atoms with E-state index in [2.05, 4.69) is 5.32 Å². The number of nitrogens with zero attached hydrogens (tertiary/aromatic N) is 1. The second kappa shape index (κ2) is 3.64. The standard InChI is InChI=1S/C9H10N2O4/c12-7-5-11(4-3-10-7)8-2-1-6(15-8)9(13)14/h1-2H,3-5H2,(H,10,12)(H,13,14). The molecule has 0 radical (unpaired) electrons. The van der Waals surface area contributed by atoms with Crippen molar-refractivity contribution >= 4 is 17.8 Å². The predicted molar refractivity (Wildman–Crippen MR) is 50.9 cm³/mol. The number of aromatic carboxylic acids is 1. The Bertz CT molecular complexity index is 399. The van der Waals surface area contributed by atoms with Crippen molar-refractivity contribution in [2.75, 3.05) is 24.5 Å². The Morgan fingerprint density at radius 3 is 2.93 bits per heavy atom. The summed E-state index contributed by atoms with van der Waals surface area (Å²) in [5, 5.41) is 11.3. The molecular formula is C9H10N2O4. The second-order valence-corrected chi connectivity index (χ2v) is 3.21. The largest absolute Gasteiger partial charge is 0.475 e. The van der Waals surface area contributed by atoms with Gasteiger partial charge in [-0.2, -0.15) is 0 Å². The Hall–Kier alpha value is -1.98. The quantitative estimate of drug-likeness (QED) is 0.713. The van der Waals surface area contributed by atoms with Gasteiger partial charge >= 0.3 is 5.97 Å². The van der Waals surface area contributed by atoms with Crippen LogP contribution in [0.4, 0.5) is 5.88 Å². The number of piperazine rings is 1. The molecule has 1 aliphatic rings. The molecule has 2 heterocycles. The molecule has 6 nitrogen and oxygen atoms in total. The Morgan fingerprint density at radius 2 is 2.33 bits per heavy atom. The Morgan fingerprint density at radius 1 is 1.53 bits per heavy atom. The van der Waals surface area contributed by atoms with Crippen molar-refractivity contribution in [1.29, 1.82) is 0 Å². The van der Waals surface area contributed by atoms with Crippen molar-refractivity contribution in [3.63, 3.8) is 0 Å². The number of hydrogen-bond acceptors (Lipinski definition) is 4. The average Bonchev–Trinajstić information content (AvgIpc) is 2.66. The molecule has 2 N–H and O–H groups in total. The van der Waals surface area contributed by atoms with Crippen LogP contribution >= 0.6 is 0 Å². The number of amides is 1. The summed E-state index contributed by atoms with van der Waals surface area (Å²) < 4.78 is 5.08. The number of carboxylic acids is 1. The topological polar surface area (TPSA) is 82.8 Å². The van der Waals surface area contributed by atoms with Crippen LogP contribution in [-0.4, -0.2) is 36.6 Å². The van der Waals surface area contributed by atoms with Gasteiger partial charge in [-0.3, -0.25) is 4.79 Å². The third kappa shape index (κ3) is 1.93. The molecule has 15 heavy (non-hydrogen) atoms. The lowest BCUT2D eigenvalue weighted by molar-refractivity contribution is -0.120. The number of anilines is 1. The normalized spacial score (nSPS) is 16.3. The lowest BCUT2D eigenvalue weighted by atomic mass is 10.3. The molecule has 1 aromatic rings. The van der Waals surface area contributed by atoms with Gasteiger partial charge in [0.25, 0.3) is 0 Å². The zero-order chi connectivity index (χ0) is 10.8. The summed E-state index contributed by atoms with van der Waals surface area (Å²) in [4.78, 5) is 23.3. The highest BCUT2D eigenvalue weighted by atomic mass is 16.4. The minimum absolute atomic E-state index is 0.0884. The zero-order valence-electron chi connectivity index (χ0n) is 7.90. The highest BCUT2D eigenvalue weighted by Crippen LogP contribution is 2.18. The first kappa shape index (κ1) is 9.57. The van der Waals surface area contributed by atoms with Crippen molar-refractivity contribution in [3.8, 4) is 0 Å². The number of furan rings is 1. The van der Waals surface area contributed by atoms with Gasteiger partial charge in [-0.1, -0.05) is 0 Å². The Labute approximate surface area is 85.5 Å². The monoisotopic (exact) mass is 210 g/mol. The zero-order valence-corrected chi connectivity index (χ0v) is 7.90. The van der Waals surface area contributed by atoms with Gasteiger partial charge in [-0.05, 0) is 6.07 Å². The Kier molecular flexibility index (Phi) is 2.32. The molecule has 1 saturated heterocycles. The van der Waals surface area contributed by atoms with Crippen LogP contribution in [0, 0.1) is 0 Å². The fourth-order valence-corrected chi connectivity index (χ4v) is 1.44. The van der Waals surface area contributed by atoms with Crippen molar-refractivity contribution < 1.29 is 19.1 Å². The van der Waals surface area contributed by atoms with Crippen LogP contribution in [0.2, 0.25) is 0 Å². The van der Waals surface area contributed by atoms with Gasteiger partial charge in [0, 0.05) is 19.2 Å². The van der Waals surface area contributed by atoms with Crippen LogP contribution in [0.15, 0.2) is 16.5 Å². The number of nitrogens with one attached hydrogen (secondary N) is 1. The number of rotatable bonds is 2. The van der Waals surface area contributed by atoms with E-state index in [0.717, 1.165) is 0 Å². The SMILES string of the molecule is O=C1CN(c2ccc(C(=O)O)o2)CCN1. The highest BCUT2D eigenvalue weighted by Gasteiger charge is 2.20. The van der Waals surface area contributed by atoms with Crippen LogP contribution in [0.3, 0.4) is 0 Å². The molecule has 6 heteroatoms. The van der Waals surface area contributed by atoms with Crippen molar-refractivity contribution in [2.45, 2.75) is 0 Å². The first-order valence-corrected chi connectivity index (χ1v) is 4.51. The molecule has 2 rings (SSSR count). The van der Waals surface area contributed by atoms with E-state index in [1.165, 1.54) is 6.07 Å². The van der Waals surface area contributed by atoms with Gasteiger partial charge in [0.2, 0.25) is 11.7 Å². The van der Waals surface area contributed by atoms with Gasteiger partial charge in [0.15, 0.2) is 5.88 Å². The molecule has 0 saturated carbocycles. The van der Waals surface area contributed by atoms with Gasteiger partial charge < -0.3 is 19.7 Å². The van der Waals surface area contributed by atoms with Gasteiger partial charge in [0.05, 0.1) is 6.54 Å². The molecule has 1 amide bonds. The first-order chi connectivity index (χ1) is 7.16. The van der Waals surface area contributed by atoms with Crippen LogP contribution in [0.25, 0.3) is 0 Å². The predicted octanol–water partition coefficient (Wildman–Crippen LogP) is -0.0860. The molecule has 1 aromatic heterocycles. The smallest absolute Gasteiger partial charge is 0.371 e. The molecule has 1 fully saturated rings.